The van der Waals surface area contributed by atoms with E-state index in [4.69, 9.17) is 10.5 Å². The van der Waals surface area contributed by atoms with Crippen molar-refractivity contribution in [2.24, 2.45) is 0 Å². The number of aromatic nitrogens is 1. The number of carbonyl (C=O) groups excluding carboxylic acids is 1. The smallest absolute Gasteiger partial charge is 0.270 e. The molecule has 5 heteroatoms. The van der Waals surface area contributed by atoms with E-state index in [1.807, 2.05) is 13.8 Å². The van der Waals surface area contributed by atoms with Crippen LogP contribution in [0.5, 0.6) is 0 Å². The number of nitrogen functional groups attached to an aromatic ring is 1. The van der Waals surface area contributed by atoms with Crippen LogP contribution >= 0.6 is 0 Å². The normalized spacial score (nSPS) is 28.0. The van der Waals surface area contributed by atoms with Gasteiger partial charge < -0.3 is 15.8 Å². The van der Waals surface area contributed by atoms with Crippen LogP contribution in [-0.4, -0.2) is 29.1 Å². The minimum atomic E-state index is -0.330. The Morgan fingerprint density at radius 3 is 3.06 bits per heavy atom. The second-order valence-corrected chi connectivity index (χ2v) is 4.61. The highest BCUT2D eigenvalue weighted by molar-refractivity contribution is 5.93. The lowest BCUT2D eigenvalue weighted by molar-refractivity contribution is 0.0724. The van der Waals surface area contributed by atoms with Gasteiger partial charge in [0.05, 0.1) is 11.6 Å². The van der Waals surface area contributed by atoms with Crippen LogP contribution in [0, 0.1) is 0 Å². The van der Waals surface area contributed by atoms with Crippen molar-refractivity contribution in [3.63, 3.8) is 0 Å². The third-order valence-corrected chi connectivity index (χ3v) is 3.30. The van der Waals surface area contributed by atoms with Gasteiger partial charge in [-0.3, -0.25) is 9.78 Å². The van der Waals surface area contributed by atoms with E-state index in [9.17, 15) is 4.79 Å². The van der Waals surface area contributed by atoms with Crippen molar-refractivity contribution in [3.05, 3.63) is 24.0 Å². The van der Waals surface area contributed by atoms with Crippen LogP contribution in [0.25, 0.3) is 0 Å². The standard InChI is InChI=1S/C12H17N3O2/c1-8-12(2,4-6-17-8)15-11(16)10-7-9(13)3-5-14-10/h3,5,7-8H,4,6H2,1-2H3,(H2,13,14)(H,15,16). The Bertz CT molecular complexity index is 436. The van der Waals surface area contributed by atoms with Crippen molar-refractivity contribution in [1.29, 1.82) is 0 Å². The predicted octanol–water partition coefficient (Wildman–Crippen LogP) is 0.961. The molecule has 2 atom stereocenters. The monoisotopic (exact) mass is 235 g/mol. The van der Waals surface area contributed by atoms with E-state index in [2.05, 4.69) is 10.3 Å². The second kappa shape index (κ2) is 4.33. The third kappa shape index (κ3) is 2.39. The number of nitrogens with two attached hydrogens (primary N) is 1. The molecule has 2 unspecified atom stereocenters. The first kappa shape index (κ1) is 11.9. The maximum Gasteiger partial charge on any atom is 0.270 e. The molecular weight excluding hydrogens is 218 g/mol. The van der Waals surface area contributed by atoms with Crippen molar-refractivity contribution < 1.29 is 9.53 Å². The van der Waals surface area contributed by atoms with Crippen molar-refractivity contribution >= 4 is 11.6 Å². The van der Waals surface area contributed by atoms with E-state index in [0.29, 0.717) is 18.0 Å². The Kier molecular flexibility index (Phi) is 3.02. The molecule has 1 aliphatic rings. The van der Waals surface area contributed by atoms with Crippen LogP contribution in [0.1, 0.15) is 30.8 Å². The minimum Gasteiger partial charge on any atom is -0.399 e. The molecule has 2 rings (SSSR count). The molecule has 1 aromatic heterocycles. The average molecular weight is 235 g/mol. The van der Waals surface area contributed by atoms with Gasteiger partial charge in [-0.05, 0) is 32.4 Å². The zero-order chi connectivity index (χ0) is 12.5. The summed E-state index contributed by atoms with van der Waals surface area (Å²) in [6.45, 7) is 4.61. The van der Waals surface area contributed by atoms with E-state index in [1.165, 1.54) is 6.20 Å². The minimum absolute atomic E-state index is 0.00695. The Morgan fingerprint density at radius 2 is 2.47 bits per heavy atom. The van der Waals surface area contributed by atoms with Gasteiger partial charge in [0.15, 0.2) is 0 Å². The fourth-order valence-corrected chi connectivity index (χ4v) is 1.89. The van der Waals surface area contributed by atoms with Gasteiger partial charge in [-0.2, -0.15) is 0 Å². The topological polar surface area (TPSA) is 77.2 Å². The molecular formula is C12H17N3O2. The number of hydrogen-bond acceptors (Lipinski definition) is 4. The number of hydrogen-bond donors (Lipinski definition) is 2. The number of amides is 1. The third-order valence-electron chi connectivity index (χ3n) is 3.30. The van der Waals surface area contributed by atoms with Gasteiger partial charge in [0.25, 0.3) is 5.91 Å². The van der Waals surface area contributed by atoms with Crippen LogP contribution in [0.15, 0.2) is 18.3 Å². The molecule has 1 fully saturated rings. The van der Waals surface area contributed by atoms with Gasteiger partial charge in [0.1, 0.15) is 5.69 Å². The van der Waals surface area contributed by atoms with E-state index >= 15 is 0 Å². The molecule has 92 valence electrons. The zero-order valence-corrected chi connectivity index (χ0v) is 10.1. The van der Waals surface area contributed by atoms with Gasteiger partial charge in [-0.1, -0.05) is 0 Å². The highest BCUT2D eigenvalue weighted by atomic mass is 16.5. The lowest BCUT2D eigenvalue weighted by Crippen LogP contribution is -2.50. The predicted molar refractivity (Wildman–Crippen MR) is 64.6 cm³/mol. The van der Waals surface area contributed by atoms with Crippen LogP contribution < -0.4 is 11.1 Å². The molecule has 1 aliphatic heterocycles. The molecule has 0 radical (unpaired) electrons. The van der Waals surface area contributed by atoms with Crippen molar-refractivity contribution in [3.8, 4) is 0 Å². The van der Waals surface area contributed by atoms with E-state index in [-0.39, 0.29) is 17.6 Å². The van der Waals surface area contributed by atoms with Gasteiger partial charge in [-0.15, -0.1) is 0 Å². The summed E-state index contributed by atoms with van der Waals surface area (Å²) in [5.74, 6) is -0.211. The number of rotatable bonds is 2. The highest BCUT2D eigenvalue weighted by Crippen LogP contribution is 2.25. The zero-order valence-electron chi connectivity index (χ0n) is 10.1. The summed E-state index contributed by atoms with van der Waals surface area (Å²) in [7, 11) is 0. The SMILES string of the molecule is CC1OCCC1(C)NC(=O)c1cc(N)ccn1. The maximum atomic E-state index is 12.0. The Morgan fingerprint density at radius 1 is 1.71 bits per heavy atom. The number of nitrogens with one attached hydrogen (secondary N) is 1. The van der Waals surface area contributed by atoms with Gasteiger partial charge in [0, 0.05) is 18.5 Å². The molecule has 3 N–H and O–H groups in total. The van der Waals surface area contributed by atoms with Crippen LogP contribution in [0.4, 0.5) is 5.69 Å². The van der Waals surface area contributed by atoms with E-state index < -0.39 is 0 Å². The summed E-state index contributed by atoms with van der Waals surface area (Å²) in [4.78, 5) is 16.0. The van der Waals surface area contributed by atoms with E-state index in [0.717, 1.165) is 6.42 Å². The Balaban J connectivity index is 2.12. The lowest BCUT2D eigenvalue weighted by Gasteiger charge is -2.28. The fourth-order valence-electron chi connectivity index (χ4n) is 1.89. The molecule has 0 spiro atoms. The molecule has 0 bridgehead atoms. The maximum absolute atomic E-state index is 12.0. The molecule has 1 aromatic rings. The summed E-state index contributed by atoms with van der Waals surface area (Å²) in [6.07, 6.45) is 2.34. The first-order valence-corrected chi connectivity index (χ1v) is 5.67. The molecule has 17 heavy (non-hydrogen) atoms. The van der Waals surface area contributed by atoms with Crippen LogP contribution in [0.2, 0.25) is 0 Å². The molecule has 0 saturated carbocycles. The summed E-state index contributed by atoms with van der Waals surface area (Å²) in [6, 6.07) is 3.22. The fraction of sp³-hybridized carbons (Fsp3) is 0.500. The molecule has 0 aromatic carbocycles. The van der Waals surface area contributed by atoms with Crippen LogP contribution in [-0.2, 0) is 4.74 Å². The highest BCUT2D eigenvalue weighted by Gasteiger charge is 2.38. The first-order chi connectivity index (χ1) is 8.01. The number of ether oxygens (including phenoxy) is 1. The lowest BCUT2D eigenvalue weighted by atomic mass is 9.94. The van der Waals surface area contributed by atoms with Gasteiger partial charge in [0.2, 0.25) is 0 Å². The van der Waals surface area contributed by atoms with Crippen LogP contribution in [0.3, 0.4) is 0 Å². The first-order valence-electron chi connectivity index (χ1n) is 5.67. The second-order valence-electron chi connectivity index (χ2n) is 4.61. The molecule has 1 amide bonds. The quantitative estimate of drug-likeness (QED) is 0.800. The largest absolute Gasteiger partial charge is 0.399 e. The summed E-state index contributed by atoms with van der Waals surface area (Å²) < 4.78 is 5.47. The summed E-state index contributed by atoms with van der Waals surface area (Å²) >= 11 is 0. The molecule has 1 saturated heterocycles. The Labute approximate surface area is 100 Å². The number of nitrogens with zero attached hydrogens (tertiary/aromatic N) is 1. The van der Waals surface area contributed by atoms with Gasteiger partial charge in [-0.25, -0.2) is 0 Å². The molecule has 2 heterocycles. The number of anilines is 1. The summed E-state index contributed by atoms with van der Waals surface area (Å²) in [5.41, 5.74) is 6.16. The van der Waals surface area contributed by atoms with Crippen molar-refractivity contribution in [2.75, 3.05) is 12.3 Å². The van der Waals surface area contributed by atoms with Crippen molar-refractivity contribution in [2.45, 2.75) is 31.9 Å². The number of carbonyl (C=O) groups is 1. The Hall–Kier alpha value is -1.62. The molecule has 5 nitrogen and oxygen atoms in total. The van der Waals surface area contributed by atoms with E-state index in [1.54, 1.807) is 12.1 Å². The van der Waals surface area contributed by atoms with Gasteiger partial charge >= 0.3 is 0 Å². The average Bonchev–Trinajstić information content (AvgIpc) is 2.59. The van der Waals surface area contributed by atoms with Crippen molar-refractivity contribution in [1.82, 2.24) is 10.3 Å². The summed E-state index contributed by atoms with van der Waals surface area (Å²) in [5, 5.41) is 2.97. The number of pyridine rings is 1. The molecule has 0 aliphatic carbocycles.